The standard InChI is InChI=1S/C16H25N5O2S/c1-19(2)13-5-14(18-11-17-13)21-9-16(10-21)6-12(8-24-16)23-7-15(22)20(3)4/h5,11-12H,6-10H2,1-4H3/t12-/m1/s1. The Balaban J connectivity index is 1.51. The van der Waals surface area contributed by atoms with Crippen LogP contribution in [0.3, 0.4) is 0 Å². The first-order chi connectivity index (χ1) is 11.4. The van der Waals surface area contributed by atoms with Crippen LogP contribution in [0, 0.1) is 0 Å². The zero-order valence-electron chi connectivity index (χ0n) is 14.7. The van der Waals surface area contributed by atoms with Crippen LogP contribution in [0.2, 0.25) is 0 Å². The third-order valence-electron chi connectivity index (χ3n) is 4.49. The second-order valence-electron chi connectivity index (χ2n) is 6.90. The van der Waals surface area contributed by atoms with Gasteiger partial charge < -0.3 is 19.4 Å². The highest BCUT2D eigenvalue weighted by atomic mass is 32.2. The first-order valence-corrected chi connectivity index (χ1v) is 9.07. The molecule has 0 aromatic carbocycles. The highest BCUT2D eigenvalue weighted by Gasteiger charge is 2.50. The molecule has 24 heavy (non-hydrogen) atoms. The quantitative estimate of drug-likeness (QED) is 0.774. The normalized spacial score (nSPS) is 21.7. The molecule has 2 fully saturated rings. The van der Waals surface area contributed by atoms with Gasteiger partial charge in [-0.25, -0.2) is 9.97 Å². The summed E-state index contributed by atoms with van der Waals surface area (Å²) >= 11 is 1.96. The molecule has 0 aliphatic carbocycles. The molecule has 3 rings (SSSR count). The van der Waals surface area contributed by atoms with E-state index in [1.807, 2.05) is 36.8 Å². The number of rotatable bonds is 5. The highest BCUT2D eigenvalue weighted by molar-refractivity contribution is 8.01. The molecular formula is C16H25N5O2S. The molecule has 1 spiro atoms. The van der Waals surface area contributed by atoms with E-state index in [-0.39, 0.29) is 23.4 Å². The number of nitrogens with zero attached hydrogens (tertiary/aromatic N) is 5. The Morgan fingerprint density at radius 2 is 2.12 bits per heavy atom. The van der Waals surface area contributed by atoms with E-state index in [1.165, 1.54) is 0 Å². The van der Waals surface area contributed by atoms with Crippen molar-refractivity contribution in [3.63, 3.8) is 0 Å². The van der Waals surface area contributed by atoms with Gasteiger partial charge in [-0.3, -0.25) is 4.79 Å². The summed E-state index contributed by atoms with van der Waals surface area (Å²) in [6.45, 7) is 2.13. The van der Waals surface area contributed by atoms with Gasteiger partial charge in [0.15, 0.2) is 0 Å². The molecule has 2 aliphatic rings. The average Bonchev–Trinajstić information content (AvgIpc) is 2.95. The molecule has 0 unspecified atom stereocenters. The van der Waals surface area contributed by atoms with Crippen molar-refractivity contribution in [1.29, 1.82) is 0 Å². The maximum atomic E-state index is 11.6. The minimum absolute atomic E-state index is 0.0217. The van der Waals surface area contributed by atoms with Crippen LogP contribution < -0.4 is 9.80 Å². The molecule has 0 radical (unpaired) electrons. The highest BCUT2D eigenvalue weighted by Crippen LogP contribution is 2.47. The first kappa shape index (κ1) is 17.3. The topological polar surface area (TPSA) is 61.8 Å². The molecule has 1 atom stereocenters. The van der Waals surface area contributed by atoms with Crippen LogP contribution in [0.15, 0.2) is 12.4 Å². The van der Waals surface area contributed by atoms with Gasteiger partial charge >= 0.3 is 0 Å². The van der Waals surface area contributed by atoms with E-state index in [2.05, 4.69) is 14.9 Å². The number of aromatic nitrogens is 2. The number of hydrogen-bond donors (Lipinski definition) is 0. The molecule has 3 heterocycles. The maximum absolute atomic E-state index is 11.6. The second kappa shape index (κ2) is 6.76. The third-order valence-corrected chi connectivity index (χ3v) is 6.07. The van der Waals surface area contributed by atoms with E-state index < -0.39 is 0 Å². The van der Waals surface area contributed by atoms with Crippen molar-refractivity contribution < 1.29 is 9.53 Å². The Kier molecular flexibility index (Phi) is 4.87. The zero-order chi connectivity index (χ0) is 17.3. The SMILES string of the molecule is CN(C)C(=O)CO[C@H]1CSC2(C1)CN(c1cc(N(C)C)ncn1)C2. The second-order valence-corrected chi connectivity index (χ2v) is 8.39. The van der Waals surface area contributed by atoms with E-state index in [4.69, 9.17) is 4.74 Å². The van der Waals surface area contributed by atoms with E-state index in [0.717, 1.165) is 36.9 Å². The molecule has 0 saturated carbocycles. The molecule has 1 amide bonds. The van der Waals surface area contributed by atoms with Gasteiger partial charge in [0.05, 0.1) is 10.9 Å². The molecule has 7 nitrogen and oxygen atoms in total. The summed E-state index contributed by atoms with van der Waals surface area (Å²) in [6, 6.07) is 2.02. The van der Waals surface area contributed by atoms with E-state index in [1.54, 1.807) is 25.3 Å². The number of carbonyl (C=O) groups excluding carboxylic acids is 1. The predicted octanol–water partition coefficient (Wildman–Crippen LogP) is 0.712. The van der Waals surface area contributed by atoms with Gasteiger partial charge in [0.25, 0.3) is 0 Å². The summed E-state index contributed by atoms with van der Waals surface area (Å²) in [5.74, 6) is 2.88. The van der Waals surface area contributed by atoms with Crippen molar-refractivity contribution in [2.45, 2.75) is 17.3 Å². The minimum atomic E-state index is 0.0217. The Morgan fingerprint density at radius 1 is 1.38 bits per heavy atom. The Morgan fingerprint density at radius 3 is 2.79 bits per heavy atom. The summed E-state index contributed by atoms with van der Waals surface area (Å²) in [5, 5.41) is 0. The Labute approximate surface area is 147 Å². The van der Waals surface area contributed by atoms with Gasteiger partial charge in [-0.1, -0.05) is 0 Å². The molecule has 1 aromatic heterocycles. The number of thioether (sulfide) groups is 1. The lowest BCUT2D eigenvalue weighted by Gasteiger charge is -2.48. The smallest absolute Gasteiger partial charge is 0.248 e. The van der Waals surface area contributed by atoms with Crippen LogP contribution in [0.25, 0.3) is 0 Å². The number of likely N-dealkylation sites (N-methyl/N-ethyl adjacent to an activating group) is 1. The fourth-order valence-corrected chi connectivity index (χ4v) is 4.57. The van der Waals surface area contributed by atoms with E-state index in [9.17, 15) is 4.79 Å². The van der Waals surface area contributed by atoms with Gasteiger partial charge in [-0.05, 0) is 6.42 Å². The molecule has 2 saturated heterocycles. The number of anilines is 2. The summed E-state index contributed by atoms with van der Waals surface area (Å²) in [6.07, 6.45) is 2.79. The molecule has 2 aliphatic heterocycles. The van der Waals surface area contributed by atoms with Gasteiger partial charge in [0, 0.05) is 53.1 Å². The van der Waals surface area contributed by atoms with Gasteiger partial charge in [0.1, 0.15) is 24.6 Å². The molecule has 8 heteroatoms. The van der Waals surface area contributed by atoms with Crippen molar-refractivity contribution >= 4 is 29.3 Å². The lowest BCUT2D eigenvalue weighted by Crippen LogP contribution is -2.59. The summed E-state index contributed by atoms with van der Waals surface area (Å²) < 4.78 is 6.03. The number of carbonyl (C=O) groups is 1. The number of ether oxygens (including phenoxy) is 1. The van der Waals surface area contributed by atoms with Crippen LogP contribution in [0.5, 0.6) is 0 Å². The fourth-order valence-electron chi connectivity index (χ4n) is 3.01. The van der Waals surface area contributed by atoms with Crippen LogP contribution >= 0.6 is 11.8 Å². The van der Waals surface area contributed by atoms with Gasteiger partial charge in [0.2, 0.25) is 5.91 Å². The predicted molar refractivity (Wildman–Crippen MR) is 96.8 cm³/mol. The average molecular weight is 351 g/mol. The lowest BCUT2D eigenvalue weighted by molar-refractivity contribution is -0.135. The van der Waals surface area contributed by atoms with E-state index >= 15 is 0 Å². The lowest BCUT2D eigenvalue weighted by atomic mass is 9.93. The number of amides is 1. The Hall–Kier alpha value is -1.54. The van der Waals surface area contributed by atoms with E-state index in [0.29, 0.717) is 0 Å². The fraction of sp³-hybridized carbons (Fsp3) is 0.688. The molecule has 0 N–H and O–H groups in total. The first-order valence-electron chi connectivity index (χ1n) is 8.09. The van der Waals surface area contributed by atoms with Crippen molar-refractivity contribution in [3.8, 4) is 0 Å². The molecule has 0 bridgehead atoms. The van der Waals surface area contributed by atoms with Crippen molar-refractivity contribution in [3.05, 3.63) is 12.4 Å². The molecule has 1 aromatic rings. The van der Waals surface area contributed by atoms with Crippen LogP contribution in [-0.2, 0) is 9.53 Å². The zero-order valence-corrected chi connectivity index (χ0v) is 15.5. The number of hydrogen-bond acceptors (Lipinski definition) is 7. The van der Waals surface area contributed by atoms with Crippen molar-refractivity contribution in [2.75, 3.05) is 63.4 Å². The Bertz CT molecular complexity index is 604. The van der Waals surface area contributed by atoms with Crippen LogP contribution in [0.1, 0.15) is 6.42 Å². The van der Waals surface area contributed by atoms with Crippen molar-refractivity contribution in [1.82, 2.24) is 14.9 Å². The monoisotopic (exact) mass is 351 g/mol. The van der Waals surface area contributed by atoms with Gasteiger partial charge in [-0.2, -0.15) is 0 Å². The van der Waals surface area contributed by atoms with Gasteiger partial charge in [-0.15, -0.1) is 11.8 Å². The summed E-state index contributed by atoms with van der Waals surface area (Å²) in [4.78, 5) is 26.1. The summed E-state index contributed by atoms with van der Waals surface area (Å²) in [7, 11) is 7.47. The molecule has 132 valence electrons. The summed E-state index contributed by atoms with van der Waals surface area (Å²) in [5.41, 5.74) is 0. The van der Waals surface area contributed by atoms with Crippen molar-refractivity contribution in [2.24, 2.45) is 0 Å². The van der Waals surface area contributed by atoms with Crippen LogP contribution in [-0.4, -0.2) is 85.3 Å². The minimum Gasteiger partial charge on any atom is -0.367 e. The van der Waals surface area contributed by atoms with Crippen LogP contribution in [0.4, 0.5) is 11.6 Å². The molecular weight excluding hydrogens is 326 g/mol. The largest absolute Gasteiger partial charge is 0.367 e. The maximum Gasteiger partial charge on any atom is 0.248 e. The third kappa shape index (κ3) is 3.59.